The number of aliphatic hydroxyl groups excluding tert-OH is 1. The molecule has 100 valence electrons. The minimum absolute atomic E-state index is 0.0731. The molecule has 1 unspecified atom stereocenters. The van der Waals surface area contributed by atoms with E-state index in [0.717, 1.165) is 11.1 Å². The van der Waals surface area contributed by atoms with Gasteiger partial charge in [-0.1, -0.05) is 48.0 Å². The van der Waals surface area contributed by atoms with Crippen LogP contribution in [0.2, 0.25) is 5.02 Å². The van der Waals surface area contributed by atoms with Gasteiger partial charge < -0.3 is 9.84 Å². The van der Waals surface area contributed by atoms with Crippen molar-refractivity contribution in [3.63, 3.8) is 0 Å². The minimum atomic E-state index is -0.530. The first-order valence-corrected chi connectivity index (χ1v) is 6.65. The zero-order valence-electron chi connectivity index (χ0n) is 11.0. The number of hydrogen-bond acceptors (Lipinski definition) is 2. The zero-order valence-corrected chi connectivity index (χ0v) is 11.8. The van der Waals surface area contributed by atoms with Crippen LogP contribution in [0.15, 0.2) is 48.5 Å². The molecule has 2 nitrogen and oxygen atoms in total. The van der Waals surface area contributed by atoms with Gasteiger partial charge in [-0.2, -0.15) is 0 Å². The number of rotatable bonds is 4. The number of ether oxygens (including phenoxy) is 1. The van der Waals surface area contributed by atoms with Gasteiger partial charge in [0.25, 0.3) is 0 Å². The van der Waals surface area contributed by atoms with Crippen LogP contribution >= 0.6 is 11.6 Å². The van der Waals surface area contributed by atoms with Crippen LogP contribution < -0.4 is 4.74 Å². The second-order valence-electron chi connectivity index (χ2n) is 4.54. The first-order chi connectivity index (χ1) is 9.08. The van der Waals surface area contributed by atoms with Crippen LogP contribution in [0.1, 0.15) is 37.2 Å². The van der Waals surface area contributed by atoms with E-state index in [1.807, 2.05) is 43.3 Å². The van der Waals surface area contributed by atoms with E-state index >= 15 is 0 Å². The molecule has 0 aromatic heterocycles. The summed E-state index contributed by atoms with van der Waals surface area (Å²) in [5.41, 5.74) is 1.88. The Labute approximate surface area is 118 Å². The average Bonchev–Trinajstić information content (AvgIpc) is 2.41. The van der Waals surface area contributed by atoms with Crippen molar-refractivity contribution < 1.29 is 9.84 Å². The molecule has 0 saturated carbocycles. The van der Waals surface area contributed by atoms with Crippen LogP contribution in [0.25, 0.3) is 0 Å². The highest BCUT2D eigenvalue weighted by molar-refractivity contribution is 6.32. The molecule has 0 bridgehead atoms. The molecule has 0 radical (unpaired) electrons. The third kappa shape index (κ3) is 3.49. The Morgan fingerprint density at radius 2 is 1.68 bits per heavy atom. The standard InChI is InChI=1S/C16H17ClO2/c1-11(18)14-8-9-16(15(17)10-14)19-12(2)13-6-4-3-5-7-13/h3-12,18H,1-2H3/t11-,12?/m1/s1. The van der Waals surface area contributed by atoms with Gasteiger partial charge in [0.1, 0.15) is 11.9 Å². The van der Waals surface area contributed by atoms with Gasteiger partial charge in [-0.25, -0.2) is 0 Å². The lowest BCUT2D eigenvalue weighted by molar-refractivity contribution is 0.198. The first kappa shape index (κ1) is 13.9. The quantitative estimate of drug-likeness (QED) is 0.889. The fraction of sp³-hybridized carbons (Fsp3) is 0.250. The van der Waals surface area contributed by atoms with Gasteiger partial charge in [-0.15, -0.1) is 0 Å². The van der Waals surface area contributed by atoms with Crippen molar-refractivity contribution in [1.82, 2.24) is 0 Å². The average molecular weight is 277 g/mol. The van der Waals surface area contributed by atoms with E-state index in [9.17, 15) is 5.11 Å². The first-order valence-electron chi connectivity index (χ1n) is 6.27. The molecule has 2 rings (SSSR count). The molecule has 0 aliphatic rings. The van der Waals surface area contributed by atoms with Gasteiger partial charge in [-0.05, 0) is 37.1 Å². The molecule has 0 amide bonds. The molecule has 0 aliphatic heterocycles. The summed E-state index contributed by atoms with van der Waals surface area (Å²) in [4.78, 5) is 0. The molecule has 0 saturated heterocycles. The van der Waals surface area contributed by atoms with Crippen molar-refractivity contribution >= 4 is 11.6 Å². The Bertz CT molecular complexity index is 538. The van der Waals surface area contributed by atoms with Crippen molar-refractivity contribution in [2.45, 2.75) is 26.1 Å². The maximum absolute atomic E-state index is 9.50. The second kappa shape index (κ2) is 6.09. The Morgan fingerprint density at radius 1 is 1.00 bits per heavy atom. The molecule has 3 heteroatoms. The van der Waals surface area contributed by atoms with Gasteiger partial charge in [0, 0.05) is 0 Å². The lowest BCUT2D eigenvalue weighted by atomic mass is 10.1. The van der Waals surface area contributed by atoms with E-state index in [1.54, 1.807) is 19.1 Å². The monoisotopic (exact) mass is 276 g/mol. The summed E-state index contributed by atoms with van der Waals surface area (Å²) < 4.78 is 5.85. The van der Waals surface area contributed by atoms with Crippen molar-refractivity contribution in [3.05, 3.63) is 64.7 Å². The third-order valence-corrected chi connectivity index (χ3v) is 3.31. The van der Waals surface area contributed by atoms with Crippen LogP contribution in [0.4, 0.5) is 0 Å². The van der Waals surface area contributed by atoms with Crippen molar-refractivity contribution in [3.8, 4) is 5.75 Å². The van der Waals surface area contributed by atoms with Gasteiger partial charge in [0.05, 0.1) is 11.1 Å². The summed E-state index contributed by atoms with van der Waals surface area (Å²) in [6.45, 7) is 3.69. The summed E-state index contributed by atoms with van der Waals surface area (Å²) in [5, 5.41) is 10.0. The predicted molar refractivity (Wildman–Crippen MR) is 77.6 cm³/mol. The van der Waals surface area contributed by atoms with E-state index in [0.29, 0.717) is 10.8 Å². The predicted octanol–water partition coefficient (Wildman–Crippen LogP) is 4.53. The SMILES string of the molecule is CC(Oc1ccc([C@@H](C)O)cc1Cl)c1ccccc1. The molecule has 0 heterocycles. The Kier molecular flexibility index (Phi) is 4.46. The van der Waals surface area contributed by atoms with E-state index in [4.69, 9.17) is 16.3 Å². The Balaban J connectivity index is 2.15. The topological polar surface area (TPSA) is 29.5 Å². The van der Waals surface area contributed by atoms with Crippen LogP contribution in [0.5, 0.6) is 5.75 Å². The van der Waals surface area contributed by atoms with Gasteiger partial charge in [0.2, 0.25) is 0 Å². The van der Waals surface area contributed by atoms with Gasteiger partial charge in [-0.3, -0.25) is 0 Å². The summed E-state index contributed by atoms with van der Waals surface area (Å²) in [5.74, 6) is 0.627. The minimum Gasteiger partial charge on any atom is -0.484 e. The number of halogens is 1. The molecule has 1 N–H and O–H groups in total. The van der Waals surface area contributed by atoms with E-state index in [2.05, 4.69) is 0 Å². The summed E-state index contributed by atoms with van der Waals surface area (Å²) in [7, 11) is 0. The maximum Gasteiger partial charge on any atom is 0.138 e. The van der Waals surface area contributed by atoms with Crippen molar-refractivity contribution in [2.24, 2.45) is 0 Å². The molecule has 0 spiro atoms. The third-order valence-electron chi connectivity index (χ3n) is 3.01. The van der Waals surface area contributed by atoms with E-state index in [1.165, 1.54) is 0 Å². The lowest BCUT2D eigenvalue weighted by Crippen LogP contribution is -2.03. The largest absolute Gasteiger partial charge is 0.484 e. The number of aliphatic hydroxyl groups is 1. The Morgan fingerprint density at radius 3 is 2.26 bits per heavy atom. The molecule has 2 aromatic rings. The number of hydrogen-bond donors (Lipinski definition) is 1. The highest BCUT2D eigenvalue weighted by atomic mass is 35.5. The molecular formula is C16H17ClO2. The summed E-state index contributed by atoms with van der Waals surface area (Å²) >= 11 is 6.17. The highest BCUT2D eigenvalue weighted by Gasteiger charge is 2.11. The molecule has 0 aliphatic carbocycles. The second-order valence-corrected chi connectivity index (χ2v) is 4.94. The van der Waals surface area contributed by atoms with Crippen molar-refractivity contribution in [1.29, 1.82) is 0 Å². The van der Waals surface area contributed by atoms with Crippen LogP contribution in [0, 0.1) is 0 Å². The van der Waals surface area contributed by atoms with Gasteiger partial charge in [0.15, 0.2) is 0 Å². The maximum atomic E-state index is 9.50. The van der Waals surface area contributed by atoms with Crippen molar-refractivity contribution in [2.75, 3.05) is 0 Å². The van der Waals surface area contributed by atoms with Crippen LogP contribution in [-0.2, 0) is 0 Å². The molecular weight excluding hydrogens is 260 g/mol. The fourth-order valence-corrected chi connectivity index (χ4v) is 2.09. The molecule has 19 heavy (non-hydrogen) atoms. The zero-order chi connectivity index (χ0) is 13.8. The molecule has 2 aromatic carbocycles. The summed E-state index contributed by atoms with van der Waals surface area (Å²) in [6.07, 6.45) is -0.603. The van der Waals surface area contributed by atoms with Gasteiger partial charge >= 0.3 is 0 Å². The molecule has 2 atom stereocenters. The lowest BCUT2D eigenvalue weighted by Gasteiger charge is -2.17. The normalized spacial score (nSPS) is 13.9. The van der Waals surface area contributed by atoms with E-state index in [-0.39, 0.29) is 6.10 Å². The Hall–Kier alpha value is -1.51. The number of benzene rings is 2. The molecule has 0 fully saturated rings. The van der Waals surface area contributed by atoms with E-state index < -0.39 is 6.10 Å². The smallest absolute Gasteiger partial charge is 0.138 e. The van der Waals surface area contributed by atoms with Crippen LogP contribution in [0.3, 0.4) is 0 Å². The van der Waals surface area contributed by atoms with Crippen LogP contribution in [-0.4, -0.2) is 5.11 Å². The fourth-order valence-electron chi connectivity index (χ4n) is 1.86. The highest BCUT2D eigenvalue weighted by Crippen LogP contribution is 2.31. The summed E-state index contributed by atoms with van der Waals surface area (Å²) in [6, 6.07) is 15.3.